The number of aryl methyl sites for hydroxylation is 1. The number of amides is 1. The van der Waals surface area contributed by atoms with E-state index in [0.717, 1.165) is 22.4 Å². The zero-order chi connectivity index (χ0) is 19.5. The third kappa shape index (κ3) is 3.81. The first-order chi connectivity index (χ1) is 13.6. The Hall–Kier alpha value is -3.40. The molecule has 4 heteroatoms. The summed E-state index contributed by atoms with van der Waals surface area (Å²) in [5.41, 5.74) is 4.11. The molecule has 1 saturated heterocycles. The highest BCUT2D eigenvalue weighted by Gasteiger charge is 2.36. The van der Waals surface area contributed by atoms with E-state index in [1.54, 1.807) is 17.0 Å². The molecule has 0 radical (unpaired) electrons. The molecule has 0 aromatic heterocycles. The van der Waals surface area contributed by atoms with Crippen molar-refractivity contribution in [3.05, 3.63) is 84.4 Å². The Morgan fingerprint density at radius 2 is 1.54 bits per heavy atom. The average Bonchev–Trinajstić information content (AvgIpc) is 3.12. The van der Waals surface area contributed by atoms with Gasteiger partial charge in [0, 0.05) is 18.7 Å². The predicted molar refractivity (Wildman–Crippen MR) is 109 cm³/mol. The molecule has 1 aliphatic heterocycles. The van der Waals surface area contributed by atoms with Crippen LogP contribution in [-0.4, -0.2) is 18.4 Å². The van der Waals surface area contributed by atoms with Crippen LogP contribution >= 0.6 is 0 Å². The molecule has 1 heterocycles. The quantitative estimate of drug-likeness (QED) is 0.497. The smallest absolute Gasteiger partial charge is 0.316 e. The summed E-state index contributed by atoms with van der Waals surface area (Å²) < 4.78 is 5.52. The Bertz CT molecular complexity index is 979. The maximum Gasteiger partial charge on any atom is 0.316 e. The first kappa shape index (κ1) is 18.0. The molecule has 1 unspecified atom stereocenters. The van der Waals surface area contributed by atoms with Gasteiger partial charge in [0.25, 0.3) is 0 Å². The lowest BCUT2D eigenvalue weighted by Gasteiger charge is -2.16. The zero-order valence-electron chi connectivity index (χ0n) is 15.7. The Labute approximate surface area is 164 Å². The third-order valence-electron chi connectivity index (χ3n) is 4.98. The number of hydrogen-bond donors (Lipinski definition) is 0. The summed E-state index contributed by atoms with van der Waals surface area (Å²) in [4.78, 5) is 26.5. The number of esters is 1. The van der Waals surface area contributed by atoms with E-state index in [1.807, 2.05) is 73.7 Å². The van der Waals surface area contributed by atoms with Crippen LogP contribution in [0.15, 0.2) is 78.9 Å². The lowest BCUT2D eigenvalue weighted by atomic mass is 10.1. The van der Waals surface area contributed by atoms with Crippen LogP contribution in [0.25, 0.3) is 11.1 Å². The molecule has 0 aliphatic carbocycles. The van der Waals surface area contributed by atoms with Gasteiger partial charge in [-0.1, -0.05) is 60.2 Å². The number of hydrogen-bond acceptors (Lipinski definition) is 3. The van der Waals surface area contributed by atoms with Gasteiger partial charge in [0.05, 0.1) is 5.92 Å². The minimum Gasteiger partial charge on any atom is -0.426 e. The van der Waals surface area contributed by atoms with E-state index in [-0.39, 0.29) is 18.3 Å². The first-order valence-electron chi connectivity index (χ1n) is 9.34. The van der Waals surface area contributed by atoms with E-state index >= 15 is 0 Å². The third-order valence-corrected chi connectivity index (χ3v) is 4.98. The second-order valence-corrected chi connectivity index (χ2v) is 7.05. The second-order valence-electron chi connectivity index (χ2n) is 7.05. The number of rotatable bonds is 4. The van der Waals surface area contributed by atoms with Gasteiger partial charge in [-0.25, -0.2) is 0 Å². The first-order valence-corrected chi connectivity index (χ1v) is 9.34. The molecule has 1 atom stereocenters. The van der Waals surface area contributed by atoms with Gasteiger partial charge >= 0.3 is 5.97 Å². The van der Waals surface area contributed by atoms with Crippen molar-refractivity contribution in [2.24, 2.45) is 5.92 Å². The van der Waals surface area contributed by atoms with Gasteiger partial charge in [-0.05, 0) is 42.3 Å². The van der Waals surface area contributed by atoms with Crippen LogP contribution in [0, 0.1) is 12.8 Å². The molecular weight excluding hydrogens is 350 g/mol. The van der Waals surface area contributed by atoms with Crippen molar-refractivity contribution in [1.29, 1.82) is 0 Å². The molecule has 140 valence electrons. The molecule has 1 aliphatic rings. The van der Waals surface area contributed by atoms with Crippen LogP contribution in [-0.2, 0) is 9.59 Å². The number of ether oxygens (including phenoxy) is 1. The van der Waals surface area contributed by atoms with Gasteiger partial charge in [-0.2, -0.15) is 0 Å². The molecule has 1 amide bonds. The number of carbonyl (C=O) groups is 2. The van der Waals surface area contributed by atoms with Gasteiger partial charge < -0.3 is 9.64 Å². The van der Waals surface area contributed by atoms with Crippen LogP contribution in [0.2, 0.25) is 0 Å². The fraction of sp³-hybridized carbons (Fsp3) is 0.167. The Kier molecular flexibility index (Phi) is 4.94. The van der Waals surface area contributed by atoms with Crippen molar-refractivity contribution in [2.75, 3.05) is 11.4 Å². The van der Waals surface area contributed by atoms with E-state index in [2.05, 4.69) is 0 Å². The van der Waals surface area contributed by atoms with Crippen LogP contribution < -0.4 is 9.64 Å². The number of anilines is 1. The number of carbonyl (C=O) groups excluding carboxylic acids is 2. The Balaban J connectivity index is 1.41. The highest BCUT2D eigenvalue weighted by molar-refractivity contribution is 5.99. The van der Waals surface area contributed by atoms with E-state index in [0.29, 0.717) is 12.3 Å². The molecule has 28 heavy (non-hydrogen) atoms. The maximum atomic E-state index is 12.5. The van der Waals surface area contributed by atoms with E-state index in [9.17, 15) is 9.59 Å². The molecule has 4 rings (SSSR count). The predicted octanol–water partition coefficient (Wildman–Crippen LogP) is 4.62. The molecule has 0 spiro atoms. The van der Waals surface area contributed by atoms with Crippen molar-refractivity contribution < 1.29 is 14.3 Å². The van der Waals surface area contributed by atoms with Crippen LogP contribution in [0.1, 0.15) is 12.0 Å². The number of benzene rings is 3. The Morgan fingerprint density at radius 1 is 0.893 bits per heavy atom. The van der Waals surface area contributed by atoms with E-state index in [1.165, 1.54) is 0 Å². The molecule has 0 bridgehead atoms. The lowest BCUT2D eigenvalue weighted by Crippen LogP contribution is -2.27. The van der Waals surface area contributed by atoms with Crippen molar-refractivity contribution in [3.63, 3.8) is 0 Å². The van der Waals surface area contributed by atoms with Crippen molar-refractivity contribution >= 4 is 17.6 Å². The standard InChI is InChI=1S/C24H21NO3/c1-17-7-11-21(12-8-17)25-16-20(15-23(25)26)24(27)28-22-13-9-19(10-14-22)18-5-3-2-4-6-18/h2-14,20H,15-16H2,1H3. The van der Waals surface area contributed by atoms with E-state index < -0.39 is 5.92 Å². The van der Waals surface area contributed by atoms with Crippen LogP contribution in [0.5, 0.6) is 5.75 Å². The van der Waals surface area contributed by atoms with Crippen molar-refractivity contribution in [2.45, 2.75) is 13.3 Å². The second kappa shape index (κ2) is 7.69. The zero-order valence-corrected chi connectivity index (χ0v) is 15.7. The molecule has 3 aromatic rings. The van der Waals surface area contributed by atoms with Crippen molar-refractivity contribution in [1.82, 2.24) is 0 Å². The highest BCUT2D eigenvalue weighted by atomic mass is 16.5. The maximum absolute atomic E-state index is 12.5. The fourth-order valence-corrected chi connectivity index (χ4v) is 3.39. The van der Waals surface area contributed by atoms with Gasteiger partial charge in [0.2, 0.25) is 5.91 Å². The lowest BCUT2D eigenvalue weighted by molar-refractivity contribution is -0.139. The Morgan fingerprint density at radius 3 is 2.21 bits per heavy atom. The summed E-state index contributed by atoms with van der Waals surface area (Å²) in [7, 11) is 0. The number of nitrogens with zero attached hydrogens (tertiary/aromatic N) is 1. The highest BCUT2D eigenvalue weighted by Crippen LogP contribution is 2.27. The SMILES string of the molecule is Cc1ccc(N2CC(C(=O)Oc3ccc(-c4ccccc4)cc3)CC2=O)cc1. The molecule has 0 saturated carbocycles. The van der Waals surface area contributed by atoms with Gasteiger partial charge in [-0.15, -0.1) is 0 Å². The monoisotopic (exact) mass is 371 g/mol. The summed E-state index contributed by atoms with van der Waals surface area (Å²) in [5, 5.41) is 0. The minimum absolute atomic E-state index is 0.0507. The topological polar surface area (TPSA) is 46.6 Å². The van der Waals surface area contributed by atoms with Crippen LogP contribution in [0.3, 0.4) is 0 Å². The summed E-state index contributed by atoms with van der Waals surface area (Å²) in [6, 6.07) is 25.2. The van der Waals surface area contributed by atoms with E-state index in [4.69, 9.17) is 4.74 Å². The normalized spacial score (nSPS) is 16.2. The van der Waals surface area contributed by atoms with Gasteiger partial charge in [0.1, 0.15) is 5.75 Å². The molecule has 0 N–H and O–H groups in total. The minimum atomic E-state index is -0.456. The summed E-state index contributed by atoms with van der Waals surface area (Å²) in [6.45, 7) is 2.35. The largest absolute Gasteiger partial charge is 0.426 e. The summed E-state index contributed by atoms with van der Waals surface area (Å²) in [6.07, 6.45) is 0.175. The molecule has 4 nitrogen and oxygen atoms in total. The molecular formula is C24H21NO3. The van der Waals surface area contributed by atoms with Crippen LogP contribution in [0.4, 0.5) is 5.69 Å². The fourth-order valence-electron chi connectivity index (χ4n) is 3.39. The van der Waals surface area contributed by atoms with Crippen molar-refractivity contribution in [3.8, 4) is 16.9 Å². The average molecular weight is 371 g/mol. The summed E-state index contributed by atoms with van der Waals surface area (Å²) in [5.74, 6) is -0.380. The van der Waals surface area contributed by atoms with Gasteiger partial charge in [-0.3, -0.25) is 9.59 Å². The molecule has 3 aromatic carbocycles. The molecule has 1 fully saturated rings. The summed E-state index contributed by atoms with van der Waals surface area (Å²) >= 11 is 0. The van der Waals surface area contributed by atoms with Gasteiger partial charge in [0.15, 0.2) is 0 Å².